The molecule has 0 fully saturated rings. The third kappa shape index (κ3) is 5.94. The van der Waals surface area contributed by atoms with Gasteiger partial charge < -0.3 is 19.5 Å². The summed E-state index contributed by atoms with van der Waals surface area (Å²) in [5, 5.41) is 3.53. The van der Waals surface area contributed by atoms with Gasteiger partial charge in [-0.3, -0.25) is 0 Å². The third-order valence-electron chi connectivity index (χ3n) is 3.38. The molecule has 0 spiro atoms. The lowest BCUT2D eigenvalue weighted by Gasteiger charge is -2.22. The Labute approximate surface area is 128 Å². The SMILES string of the molecule is CCCCOCC(NCCC)c1cc(OC)ccc1OC. The Balaban J connectivity index is 2.83. The highest BCUT2D eigenvalue weighted by Gasteiger charge is 2.17. The monoisotopic (exact) mass is 295 g/mol. The first-order valence-electron chi connectivity index (χ1n) is 7.79. The number of hydrogen-bond acceptors (Lipinski definition) is 4. The summed E-state index contributed by atoms with van der Waals surface area (Å²) < 4.78 is 16.6. The van der Waals surface area contributed by atoms with Gasteiger partial charge in [0.2, 0.25) is 0 Å². The largest absolute Gasteiger partial charge is 0.497 e. The first-order chi connectivity index (χ1) is 10.3. The Bertz CT molecular complexity index is 396. The Morgan fingerprint density at radius 2 is 1.90 bits per heavy atom. The van der Waals surface area contributed by atoms with Gasteiger partial charge in [-0.15, -0.1) is 0 Å². The van der Waals surface area contributed by atoms with Crippen LogP contribution in [0.1, 0.15) is 44.7 Å². The lowest BCUT2D eigenvalue weighted by Crippen LogP contribution is -2.27. The fraction of sp³-hybridized carbons (Fsp3) is 0.647. The molecular weight excluding hydrogens is 266 g/mol. The van der Waals surface area contributed by atoms with Gasteiger partial charge in [0.15, 0.2) is 0 Å². The molecule has 0 aliphatic carbocycles. The van der Waals surface area contributed by atoms with Gasteiger partial charge in [-0.1, -0.05) is 20.3 Å². The van der Waals surface area contributed by atoms with Crippen molar-refractivity contribution in [2.45, 2.75) is 39.2 Å². The second-order valence-electron chi connectivity index (χ2n) is 5.04. The molecule has 0 saturated heterocycles. The maximum Gasteiger partial charge on any atom is 0.123 e. The van der Waals surface area contributed by atoms with E-state index in [1.165, 1.54) is 0 Å². The van der Waals surface area contributed by atoms with Crippen LogP contribution in [0.5, 0.6) is 11.5 Å². The zero-order chi connectivity index (χ0) is 15.5. The maximum absolute atomic E-state index is 5.80. The van der Waals surface area contributed by atoms with Gasteiger partial charge in [-0.25, -0.2) is 0 Å². The minimum atomic E-state index is 0.117. The van der Waals surface area contributed by atoms with Crippen LogP contribution in [-0.2, 0) is 4.74 Å². The van der Waals surface area contributed by atoms with Crippen molar-refractivity contribution in [3.8, 4) is 11.5 Å². The fourth-order valence-electron chi connectivity index (χ4n) is 2.14. The van der Waals surface area contributed by atoms with Gasteiger partial charge in [0, 0.05) is 12.2 Å². The van der Waals surface area contributed by atoms with Crippen molar-refractivity contribution in [2.24, 2.45) is 0 Å². The Kier molecular flexibility index (Phi) is 8.87. The van der Waals surface area contributed by atoms with E-state index in [-0.39, 0.29) is 6.04 Å². The molecule has 1 N–H and O–H groups in total. The van der Waals surface area contributed by atoms with E-state index in [0.717, 1.165) is 49.5 Å². The molecule has 0 aromatic heterocycles. The smallest absolute Gasteiger partial charge is 0.123 e. The maximum atomic E-state index is 5.80. The van der Waals surface area contributed by atoms with Crippen LogP contribution in [0.2, 0.25) is 0 Å². The van der Waals surface area contributed by atoms with E-state index >= 15 is 0 Å². The molecule has 1 aromatic rings. The molecule has 0 amide bonds. The van der Waals surface area contributed by atoms with Gasteiger partial charge >= 0.3 is 0 Å². The molecule has 0 aliphatic heterocycles. The summed E-state index contributed by atoms with van der Waals surface area (Å²) in [5.74, 6) is 1.70. The topological polar surface area (TPSA) is 39.7 Å². The number of methoxy groups -OCH3 is 2. The average Bonchev–Trinajstić information content (AvgIpc) is 2.53. The molecule has 1 atom stereocenters. The van der Waals surface area contributed by atoms with Crippen molar-refractivity contribution in [1.82, 2.24) is 5.32 Å². The molecule has 1 unspecified atom stereocenters. The van der Waals surface area contributed by atoms with Crippen molar-refractivity contribution in [2.75, 3.05) is 34.0 Å². The minimum absolute atomic E-state index is 0.117. The van der Waals surface area contributed by atoms with Crippen molar-refractivity contribution in [3.05, 3.63) is 23.8 Å². The van der Waals surface area contributed by atoms with Crippen LogP contribution in [0, 0.1) is 0 Å². The van der Waals surface area contributed by atoms with Crippen molar-refractivity contribution < 1.29 is 14.2 Å². The highest BCUT2D eigenvalue weighted by atomic mass is 16.5. The summed E-state index contributed by atoms with van der Waals surface area (Å²) in [5.41, 5.74) is 1.08. The lowest BCUT2D eigenvalue weighted by molar-refractivity contribution is 0.108. The molecule has 0 saturated carbocycles. The Hall–Kier alpha value is -1.26. The molecule has 4 nitrogen and oxygen atoms in total. The van der Waals surface area contributed by atoms with Crippen LogP contribution in [0.3, 0.4) is 0 Å². The van der Waals surface area contributed by atoms with Crippen LogP contribution in [0.25, 0.3) is 0 Å². The van der Waals surface area contributed by atoms with Crippen molar-refractivity contribution in [1.29, 1.82) is 0 Å². The van der Waals surface area contributed by atoms with E-state index in [1.54, 1.807) is 14.2 Å². The molecule has 21 heavy (non-hydrogen) atoms. The third-order valence-corrected chi connectivity index (χ3v) is 3.38. The molecule has 120 valence electrons. The van der Waals surface area contributed by atoms with Gasteiger partial charge in [0.1, 0.15) is 11.5 Å². The Morgan fingerprint density at radius 1 is 1.10 bits per heavy atom. The quantitative estimate of drug-likeness (QED) is 0.634. The van der Waals surface area contributed by atoms with E-state index in [0.29, 0.717) is 6.61 Å². The highest BCUT2D eigenvalue weighted by Crippen LogP contribution is 2.29. The summed E-state index contributed by atoms with van der Waals surface area (Å²) in [7, 11) is 3.37. The molecule has 1 aromatic carbocycles. The molecular formula is C17H29NO3. The minimum Gasteiger partial charge on any atom is -0.497 e. The molecule has 1 rings (SSSR count). The van der Waals surface area contributed by atoms with E-state index in [2.05, 4.69) is 19.2 Å². The molecule has 0 heterocycles. The summed E-state index contributed by atoms with van der Waals surface area (Å²) in [4.78, 5) is 0. The highest BCUT2D eigenvalue weighted by molar-refractivity contribution is 5.42. The Morgan fingerprint density at radius 3 is 2.52 bits per heavy atom. The van der Waals surface area contributed by atoms with E-state index in [9.17, 15) is 0 Å². The predicted octanol–water partition coefficient (Wildman–Crippen LogP) is 3.56. The van der Waals surface area contributed by atoms with Gasteiger partial charge in [-0.05, 0) is 37.6 Å². The molecule has 0 bridgehead atoms. The fourth-order valence-corrected chi connectivity index (χ4v) is 2.14. The second-order valence-corrected chi connectivity index (χ2v) is 5.04. The van der Waals surface area contributed by atoms with Gasteiger partial charge in [-0.2, -0.15) is 0 Å². The summed E-state index contributed by atoms with van der Waals surface area (Å²) >= 11 is 0. The van der Waals surface area contributed by atoms with E-state index in [1.807, 2.05) is 18.2 Å². The summed E-state index contributed by atoms with van der Waals surface area (Å²) in [6, 6.07) is 6.00. The summed E-state index contributed by atoms with van der Waals surface area (Å²) in [6.07, 6.45) is 3.32. The van der Waals surface area contributed by atoms with Crippen molar-refractivity contribution in [3.63, 3.8) is 0 Å². The van der Waals surface area contributed by atoms with Crippen LogP contribution < -0.4 is 14.8 Å². The molecule has 4 heteroatoms. The first kappa shape index (κ1) is 17.8. The van der Waals surface area contributed by atoms with Crippen LogP contribution in [0.15, 0.2) is 18.2 Å². The molecule has 0 aliphatic rings. The lowest BCUT2D eigenvalue weighted by atomic mass is 10.1. The normalized spacial score (nSPS) is 12.2. The number of hydrogen-bond donors (Lipinski definition) is 1. The number of nitrogens with one attached hydrogen (secondary N) is 1. The molecule has 0 radical (unpaired) electrons. The van der Waals surface area contributed by atoms with Crippen LogP contribution in [-0.4, -0.2) is 34.0 Å². The van der Waals surface area contributed by atoms with E-state index < -0.39 is 0 Å². The van der Waals surface area contributed by atoms with Gasteiger partial charge in [0.05, 0.1) is 26.9 Å². The number of ether oxygens (including phenoxy) is 3. The zero-order valence-electron chi connectivity index (χ0n) is 13.8. The van der Waals surface area contributed by atoms with Crippen LogP contribution >= 0.6 is 0 Å². The number of rotatable bonds is 11. The predicted molar refractivity (Wildman–Crippen MR) is 86.3 cm³/mol. The number of unbranched alkanes of at least 4 members (excludes halogenated alkanes) is 1. The van der Waals surface area contributed by atoms with Crippen LogP contribution in [0.4, 0.5) is 0 Å². The summed E-state index contributed by atoms with van der Waals surface area (Å²) in [6.45, 7) is 6.71. The standard InChI is InChI=1S/C17H29NO3/c1-5-7-11-21-13-16(18-10-6-2)15-12-14(19-3)8-9-17(15)20-4/h8-9,12,16,18H,5-7,10-11,13H2,1-4H3. The second kappa shape index (κ2) is 10.5. The van der Waals surface area contributed by atoms with E-state index in [4.69, 9.17) is 14.2 Å². The number of benzene rings is 1. The zero-order valence-corrected chi connectivity index (χ0v) is 13.8. The van der Waals surface area contributed by atoms with Gasteiger partial charge in [0.25, 0.3) is 0 Å². The van der Waals surface area contributed by atoms with Crippen molar-refractivity contribution >= 4 is 0 Å². The average molecular weight is 295 g/mol. The first-order valence-corrected chi connectivity index (χ1v) is 7.79.